The Balaban J connectivity index is 2.31. The van der Waals surface area contributed by atoms with E-state index in [1.807, 2.05) is 0 Å². The molecule has 1 aromatic carbocycles. The third kappa shape index (κ3) is 3.10. The van der Waals surface area contributed by atoms with Crippen molar-refractivity contribution in [3.05, 3.63) is 40.6 Å². The molecule has 0 bridgehead atoms. The molecule has 0 amide bonds. The predicted octanol–water partition coefficient (Wildman–Crippen LogP) is 2.13. The zero-order valence-electron chi connectivity index (χ0n) is 9.94. The molecule has 98 valence electrons. The Kier molecular flexibility index (Phi) is 3.81. The van der Waals surface area contributed by atoms with Gasteiger partial charge in [-0.1, -0.05) is 11.8 Å². The van der Waals surface area contributed by atoms with Crippen molar-refractivity contribution >= 4 is 23.4 Å². The summed E-state index contributed by atoms with van der Waals surface area (Å²) < 4.78 is 5.04. The number of nitrogens with two attached hydrogens (primary N) is 1. The summed E-state index contributed by atoms with van der Waals surface area (Å²) in [5, 5.41) is 11.1. The molecule has 0 saturated heterocycles. The standard InChI is InChI=1S/C11H10N4O3S/c1-18-7-2-4-8(5-3-7)19-10-9(15(16)17)6-13-11(12)14-10/h2-6H,1H3,(H2,12,13,14). The molecule has 0 atom stereocenters. The Bertz CT molecular complexity index is 603. The largest absolute Gasteiger partial charge is 0.497 e. The topological polar surface area (TPSA) is 104 Å². The quantitative estimate of drug-likeness (QED) is 0.519. The Hall–Kier alpha value is -2.35. The van der Waals surface area contributed by atoms with E-state index < -0.39 is 4.92 Å². The highest BCUT2D eigenvalue weighted by Gasteiger charge is 2.17. The van der Waals surface area contributed by atoms with Gasteiger partial charge in [0.25, 0.3) is 0 Å². The molecule has 7 nitrogen and oxygen atoms in total. The Morgan fingerprint density at radius 3 is 2.63 bits per heavy atom. The smallest absolute Gasteiger partial charge is 0.320 e. The van der Waals surface area contributed by atoms with Gasteiger partial charge < -0.3 is 10.5 Å². The lowest BCUT2D eigenvalue weighted by Crippen LogP contribution is -2.00. The van der Waals surface area contributed by atoms with Gasteiger partial charge >= 0.3 is 5.69 Å². The van der Waals surface area contributed by atoms with E-state index in [2.05, 4.69) is 9.97 Å². The van der Waals surface area contributed by atoms with Crippen LogP contribution in [0.15, 0.2) is 40.4 Å². The molecule has 0 fully saturated rings. The molecule has 19 heavy (non-hydrogen) atoms. The van der Waals surface area contributed by atoms with Crippen molar-refractivity contribution in [1.82, 2.24) is 9.97 Å². The van der Waals surface area contributed by atoms with Crippen LogP contribution in [-0.2, 0) is 0 Å². The fourth-order valence-electron chi connectivity index (χ4n) is 1.33. The number of hydrogen-bond donors (Lipinski definition) is 1. The molecular formula is C11H10N4O3S. The van der Waals surface area contributed by atoms with Gasteiger partial charge in [0.15, 0.2) is 5.03 Å². The van der Waals surface area contributed by atoms with Gasteiger partial charge in [-0.3, -0.25) is 10.1 Å². The van der Waals surface area contributed by atoms with Crippen LogP contribution in [0.5, 0.6) is 5.75 Å². The van der Waals surface area contributed by atoms with Crippen LogP contribution in [0.25, 0.3) is 0 Å². The normalized spacial score (nSPS) is 10.2. The summed E-state index contributed by atoms with van der Waals surface area (Å²) in [7, 11) is 1.57. The maximum Gasteiger partial charge on any atom is 0.320 e. The minimum absolute atomic E-state index is 0.00149. The highest BCUT2D eigenvalue weighted by molar-refractivity contribution is 7.99. The first kappa shape index (κ1) is 13.1. The van der Waals surface area contributed by atoms with Gasteiger partial charge in [0.2, 0.25) is 5.95 Å². The van der Waals surface area contributed by atoms with Crippen molar-refractivity contribution in [2.75, 3.05) is 12.8 Å². The number of nitrogen functional groups attached to an aromatic ring is 1. The van der Waals surface area contributed by atoms with Crippen molar-refractivity contribution in [1.29, 1.82) is 0 Å². The maximum absolute atomic E-state index is 10.9. The van der Waals surface area contributed by atoms with Crippen molar-refractivity contribution in [2.24, 2.45) is 0 Å². The number of ether oxygens (including phenoxy) is 1. The second-order valence-corrected chi connectivity index (χ2v) is 4.52. The van der Waals surface area contributed by atoms with Gasteiger partial charge in [-0.05, 0) is 24.3 Å². The van der Waals surface area contributed by atoms with Crippen LogP contribution in [0, 0.1) is 10.1 Å². The zero-order chi connectivity index (χ0) is 13.8. The summed E-state index contributed by atoms with van der Waals surface area (Å²) in [6.45, 7) is 0. The average Bonchev–Trinajstić information content (AvgIpc) is 2.39. The van der Waals surface area contributed by atoms with Crippen molar-refractivity contribution in [3.8, 4) is 5.75 Å². The fraction of sp³-hybridized carbons (Fsp3) is 0.0909. The highest BCUT2D eigenvalue weighted by atomic mass is 32.2. The highest BCUT2D eigenvalue weighted by Crippen LogP contribution is 2.33. The minimum atomic E-state index is -0.536. The van der Waals surface area contributed by atoms with Crippen molar-refractivity contribution < 1.29 is 9.66 Å². The molecule has 0 unspecified atom stereocenters. The van der Waals surface area contributed by atoms with E-state index >= 15 is 0 Å². The lowest BCUT2D eigenvalue weighted by atomic mass is 10.3. The summed E-state index contributed by atoms with van der Waals surface area (Å²) in [6, 6.07) is 7.09. The SMILES string of the molecule is COc1ccc(Sc2nc(N)ncc2[N+](=O)[O-])cc1. The van der Waals surface area contributed by atoms with E-state index in [0.29, 0.717) is 5.75 Å². The number of rotatable bonds is 4. The molecule has 8 heteroatoms. The number of hydrogen-bond acceptors (Lipinski definition) is 7. The molecule has 2 rings (SSSR count). The maximum atomic E-state index is 10.9. The molecule has 0 spiro atoms. The number of anilines is 1. The van der Waals surface area contributed by atoms with Crippen LogP contribution < -0.4 is 10.5 Å². The summed E-state index contributed by atoms with van der Waals surface area (Å²) in [6.07, 6.45) is 1.11. The molecule has 2 N–H and O–H groups in total. The van der Waals surface area contributed by atoms with Crippen LogP contribution >= 0.6 is 11.8 Å². The van der Waals surface area contributed by atoms with Crippen molar-refractivity contribution in [3.63, 3.8) is 0 Å². The molecule has 0 radical (unpaired) electrons. The Morgan fingerprint density at radius 2 is 2.05 bits per heavy atom. The average molecular weight is 278 g/mol. The van der Waals surface area contributed by atoms with Gasteiger partial charge in [0.1, 0.15) is 11.9 Å². The number of methoxy groups -OCH3 is 1. The van der Waals surface area contributed by atoms with Gasteiger partial charge in [0.05, 0.1) is 12.0 Å². The third-order valence-electron chi connectivity index (χ3n) is 2.22. The Labute approximate surface area is 113 Å². The molecule has 0 aliphatic heterocycles. The van der Waals surface area contributed by atoms with Crippen LogP contribution in [0.4, 0.5) is 11.6 Å². The first-order valence-corrected chi connectivity index (χ1v) is 6.00. The van der Waals surface area contributed by atoms with Crippen LogP contribution in [-0.4, -0.2) is 22.0 Å². The lowest BCUT2D eigenvalue weighted by molar-refractivity contribution is -0.388. The second kappa shape index (κ2) is 5.53. The van der Waals surface area contributed by atoms with Crippen LogP contribution in [0.1, 0.15) is 0 Å². The molecule has 0 aliphatic rings. The zero-order valence-corrected chi connectivity index (χ0v) is 10.8. The number of aromatic nitrogens is 2. The van der Waals surface area contributed by atoms with Gasteiger partial charge in [-0.2, -0.15) is 4.98 Å². The first-order valence-electron chi connectivity index (χ1n) is 5.19. The Morgan fingerprint density at radius 1 is 1.37 bits per heavy atom. The van der Waals surface area contributed by atoms with Crippen molar-refractivity contribution in [2.45, 2.75) is 9.92 Å². The fourth-order valence-corrected chi connectivity index (χ4v) is 2.19. The minimum Gasteiger partial charge on any atom is -0.497 e. The molecule has 0 aliphatic carbocycles. The van der Waals surface area contributed by atoms with E-state index in [1.165, 1.54) is 0 Å². The van der Waals surface area contributed by atoms with Crippen LogP contribution in [0.3, 0.4) is 0 Å². The molecular weight excluding hydrogens is 268 g/mol. The van der Waals surface area contributed by atoms with E-state index in [4.69, 9.17) is 10.5 Å². The molecule has 0 saturated carbocycles. The van der Waals surface area contributed by atoms with Crippen LogP contribution in [0.2, 0.25) is 0 Å². The lowest BCUT2D eigenvalue weighted by Gasteiger charge is -2.04. The van der Waals surface area contributed by atoms with Gasteiger partial charge in [0, 0.05) is 4.90 Å². The van der Waals surface area contributed by atoms with E-state index in [1.54, 1.807) is 31.4 Å². The summed E-state index contributed by atoms with van der Waals surface area (Å²) in [5.41, 5.74) is 5.28. The predicted molar refractivity (Wildman–Crippen MR) is 70.2 cm³/mol. The summed E-state index contributed by atoms with van der Waals surface area (Å²) in [5.74, 6) is 0.711. The summed E-state index contributed by atoms with van der Waals surface area (Å²) in [4.78, 5) is 18.6. The van der Waals surface area contributed by atoms with E-state index in [0.717, 1.165) is 22.9 Å². The first-order chi connectivity index (χ1) is 9.10. The number of nitro groups is 1. The third-order valence-corrected chi connectivity index (χ3v) is 3.23. The van der Waals surface area contributed by atoms with E-state index in [-0.39, 0.29) is 16.7 Å². The molecule has 1 heterocycles. The van der Waals surface area contributed by atoms with Gasteiger partial charge in [-0.25, -0.2) is 4.98 Å². The second-order valence-electron chi connectivity index (χ2n) is 3.45. The molecule has 1 aromatic heterocycles. The van der Waals surface area contributed by atoms with E-state index in [9.17, 15) is 10.1 Å². The summed E-state index contributed by atoms with van der Waals surface area (Å²) >= 11 is 1.15. The number of nitrogens with zero attached hydrogens (tertiary/aromatic N) is 3. The van der Waals surface area contributed by atoms with Gasteiger partial charge in [-0.15, -0.1) is 0 Å². The monoisotopic (exact) mass is 278 g/mol. The number of benzene rings is 1. The molecule has 2 aromatic rings.